The number of nitrogen functional groups attached to an aromatic ring is 1. The zero-order valence-corrected chi connectivity index (χ0v) is 10.3. The van der Waals surface area contributed by atoms with E-state index in [1.54, 1.807) is 16.8 Å². The quantitative estimate of drug-likeness (QED) is 0.532. The fourth-order valence-corrected chi connectivity index (χ4v) is 1.95. The van der Waals surface area contributed by atoms with E-state index in [2.05, 4.69) is 15.3 Å². The average molecular weight is 252 g/mol. The minimum atomic E-state index is 0.0103. The second-order valence-corrected chi connectivity index (χ2v) is 4.26. The summed E-state index contributed by atoms with van der Waals surface area (Å²) in [5, 5.41) is 15.7. The van der Waals surface area contributed by atoms with Gasteiger partial charge in [0.05, 0.1) is 5.52 Å². The zero-order chi connectivity index (χ0) is 13.4. The number of hydrogen-bond donors (Lipinski definition) is 2. The molecule has 0 atom stereocenters. The van der Waals surface area contributed by atoms with Gasteiger partial charge in [0, 0.05) is 11.3 Å². The number of fused-ring (bicyclic) bond motifs is 1. The molecule has 0 amide bonds. The van der Waals surface area contributed by atoms with E-state index in [1.165, 1.54) is 0 Å². The summed E-state index contributed by atoms with van der Waals surface area (Å²) < 4.78 is 1.65. The number of nitrogens with two attached hydrogens (primary N) is 1. The van der Waals surface area contributed by atoms with Gasteiger partial charge in [0.2, 0.25) is 0 Å². The molecule has 0 radical (unpaired) electrons. The predicted octanol–water partition coefficient (Wildman–Crippen LogP) is 1.41. The van der Waals surface area contributed by atoms with Gasteiger partial charge in [-0.25, -0.2) is 4.98 Å². The first kappa shape index (κ1) is 11.3. The fraction of sp³-hybridized carbons (Fsp3) is 0.0769. The van der Waals surface area contributed by atoms with Crippen molar-refractivity contribution in [1.29, 1.82) is 5.41 Å². The Morgan fingerprint density at radius 2 is 2.05 bits per heavy atom. The molecule has 2 heterocycles. The van der Waals surface area contributed by atoms with Crippen molar-refractivity contribution in [3.63, 3.8) is 0 Å². The Morgan fingerprint density at radius 3 is 2.84 bits per heavy atom. The summed E-state index contributed by atoms with van der Waals surface area (Å²) in [6.45, 7) is 1.86. The fourth-order valence-electron chi connectivity index (χ4n) is 1.95. The lowest BCUT2D eigenvalue weighted by molar-refractivity contribution is 0.797. The molecule has 3 rings (SSSR count). The molecule has 0 unspecified atom stereocenters. The highest BCUT2D eigenvalue weighted by Crippen LogP contribution is 2.16. The number of nitrogens with one attached hydrogen (secondary N) is 1. The lowest BCUT2D eigenvalue weighted by atomic mass is 10.2. The van der Waals surface area contributed by atoms with Crippen LogP contribution in [0.4, 0.5) is 0 Å². The summed E-state index contributed by atoms with van der Waals surface area (Å²) >= 11 is 0. The molecule has 0 fully saturated rings. The van der Waals surface area contributed by atoms with Crippen LogP contribution in [0.1, 0.15) is 11.3 Å². The number of hydrogen-bond acceptors (Lipinski definition) is 4. The van der Waals surface area contributed by atoms with Crippen LogP contribution < -0.4 is 5.73 Å². The van der Waals surface area contributed by atoms with Gasteiger partial charge in [-0.05, 0) is 31.2 Å². The Bertz CT molecular complexity index is 774. The highest BCUT2D eigenvalue weighted by molar-refractivity contribution is 5.95. The maximum absolute atomic E-state index is 7.52. The first-order valence-corrected chi connectivity index (χ1v) is 5.79. The van der Waals surface area contributed by atoms with Crippen molar-refractivity contribution in [3.8, 4) is 5.82 Å². The Labute approximate surface area is 109 Å². The summed E-state index contributed by atoms with van der Waals surface area (Å²) in [4.78, 5) is 4.42. The van der Waals surface area contributed by atoms with E-state index in [0.717, 1.165) is 16.7 Å². The lowest BCUT2D eigenvalue weighted by Crippen LogP contribution is -2.13. The van der Waals surface area contributed by atoms with Crippen LogP contribution in [0.25, 0.3) is 16.9 Å². The molecule has 6 heteroatoms. The molecule has 19 heavy (non-hydrogen) atoms. The molecular weight excluding hydrogens is 240 g/mol. The molecule has 1 aromatic carbocycles. The first-order chi connectivity index (χ1) is 9.15. The Morgan fingerprint density at radius 1 is 1.26 bits per heavy atom. The number of aromatic nitrogens is 4. The number of pyridine rings is 1. The number of benzene rings is 1. The van der Waals surface area contributed by atoms with Gasteiger partial charge < -0.3 is 5.73 Å². The van der Waals surface area contributed by atoms with E-state index in [4.69, 9.17) is 11.1 Å². The van der Waals surface area contributed by atoms with Gasteiger partial charge >= 0.3 is 0 Å². The summed E-state index contributed by atoms with van der Waals surface area (Å²) in [6, 6.07) is 11.1. The monoisotopic (exact) mass is 252 g/mol. The van der Waals surface area contributed by atoms with Crippen LogP contribution in [0.5, 0.6) is 0 Å². The van der Waals surface area contributed by atoms with E-state index in [0.29, 0.717) is 11.4 Å². The van der Waals surface area contributed by atoms with Gasteiger partial charge in [-0.1, -0.05) is 17.3 Å². The molecule has 6 nitrogen and oxygen atoms in total. The van der Waals surface area contributed by atoms with Gasteiger partial charge in [0.25, 0.3) is 0 Å². The SMILES string of the molecule is Cc1cc(C(=N)N)cc(-n2nnc3ccccc32)n1. The Hall–Kier alpha value is -2.76. The van der Waals surface area contributed by atoms with E-state index in [1.807, 2.05) is 31.2 Å². The highest BCUT2D eigenvalue weighted by atomic mass is 15.4. The third-order valence-corrected chi connectivity index (χ3v) is 2.82. The molecule has 0 aliphatic rings. The normalized spacial score (nSPS) is 10.8. The minimum absolute atomic E-state index is 0.0103. The molecule has 0 spiro atoms. The third-order valence-electron chi connectivity index (χ3n) is 2.82. The number of para-hydroxylation sites is 1. The smallest absolute Gasteiger partial charge is 0.156 e. The third kappa shape index (κ3) is 1.93. The molecule has 0 saturated heterocycles. The minimum Gasteiger partial charge on any atom is -0.384 e. The van der Waals surface area contributed by atoms with Crippen LogP contribution >= 0.6 is 0 Å². The van der Waals surface area contributed by atoms with Crippen LogP contribution in [0.15, 0.2) is 36.4 Å². The van der Waals surface area contributed by atoms with Crippen molar-refractivity contribution in [2.24, 2.45) is 5.73 Å². The average Bonchev–Trinajstić information content (AvgIpc) is 2.81. The summed E-state index contributed by atoms with van der Waals surface area (Å²) in [6.07, 6.45) is 0. The number of rotatable bonds is 2. The molecular formula is C13H12N6. The van der Waals surface area contributed by atoms with Crippen molar-refractivity contribution in [3.05, 3.63) is 47.7 Å². The van der Waals surface area contributed by atoms with Crippen molar-refractivity contribution in [2.75, 3.05) is 0 Å². The maximum Gasteiger partial charge on any atom is 0.156 e. The molecule has 3 N–H and O–H groups in total. The lowest BCUT2D eigenvalue weighted by Gasteiger charge is -2.06. The summed E-state index contributed by atoms with van der Waals surface area (Å²) in [5.74, 6) is 0.620. The second-order valence-electron chi connectivity index (χ2n) is 4.26. The van der Waals surface area contributed by atoms with Crippen molar-refractivity contribution in [2.45, 2.75) is 6.92 Å². The first-order valence-electron chi connectivity index (χ1n) is 5.79. The topological polar surface area (TPSA) is 93.5 Å². The van der Waals surface area contributed by atoms with Gasteiger partial charge in [-0.2, -0.15) is 4.68 Å². The van der Waals surface area contributed by atoms with Gasteiger partial charge in [0.1, 0.15) is 11.4 Å². The largest absolute Gasteiger partial charge is 0.384 e. The molecule has 94 valence electrons. The van der Waals surface area contributed by atoms with Gasteiger partial charge in [-0.3, -0.25) is 5.41 Å². The number of nitrogens with zero attached hydrogens (tertiary/aromatic N) is 4. The highest BCUT2D eigenvalue weighted by Gasteiger charge is 2.09. The Balaban J connectivity index is 2.24. The van der Waals surface area contributed by atoms with Crippen LogP contribution in [0, 0.1) is 12.3 Å². The van der Waals surface area contributed by atoms with E-state index < -0.39 is 0 Å². The molecule has 0 aliphatic heterocycles. The van der Waals surface area contributed by atoms with Crippen LogP contribution in [-0.2, 0) is 0 Å². The van der Waals surface area contributed by atoms with Gasteiger partial charge in [0.15, 0.2) is 5.82 Å². The van der Waals surface area contributed by atoms with Crippen molar-refractivity contribution < 1.29 is 0 Å². The van der Waals surface area contributed by atoms with E-state index in [-0.39, 0.29) is 5.84 Å². The van der Waals surface area contributed by atoms with E-state index in [9.17, 15) is 0 Å². The zero-order valence-electron chi connectivity index (χ0n) is 10.3. The van der Waals surface area contributed by atoms with Crippen molar-refractivity contribution in [1.82, 2.24) is 20.0 Å². The number of aryl methyl sites for hydroxylation is 1. The predicted molar refractivity (Wildman–Crippen MR) is 72.4 cm³/mol. The Kier molecular flexibility index (Phi) is 2.49. The number of amidine groups is 1. The van der Waals surface area contributed by atoms with Gasteiger partial charge in [-0.15, -0.1) is 5.10 Å². The van der Waals surface area contributed by atoms with E-state index >= 15 is 0 Å². The molecule has 0 bridgehead atoms. The molecule has 0 saturated carbocycles. The maximum atomic E-state index is 7.52. The van der Waals surface area contributed by atoms with Crippen LogP contribution in [0.2, 0.25) is 0 Å². The standard InChI is InChI=1S/C13H12N6/c1-8-6-9(13(14)15)7-12(16-8)19-11-5-3-2-4-10(11)17-18-19/h2-7H,1H3,(H3,14,15). The molecule has 3 aromatic rings. The summed E-state index contributed by atoms with van der Waals surface area (Å²) in [5.41, 5.74) is 8.61. The van der Waals surface area contributed by atoms with Crippen LogP contribution in [0.3, 0.4) is 0 Å². The van der Waals surface area contributed by atoms with Crippen molar-refractivity contribution >= 4 is 16.9 Å². The second kappa shape index (κ2) is 4.16. The summed E-state index contributed by atoms with van der Waals surface area (Å²) in [7, 11) is 0. The van der Waals surface area contributed by atoms with Crippen LogP contribution in [-0.4, -0.2) is 25.8 Å². The molecule has 0 aliphatic carbocycles. The molecule has 2 aromatic heterocycles.